The van der Waals surface area contributed by atoms with Crippen LogP contribution in [-0.4, -0.2) is 50.3 Å². The van der Waals surface area contributed by atoms with Gasteiger partial charge >= 0.3 is 0 Å². The molecule has 7 heteroatoms. The highest BCUT2D eigenvalue weighted by Crippen LogP contribution is 2.21. The summed E-state index contributed by atoms with van der Waals surface area (Å²) in [6.45, 7) is 3.46. The van der Waals surface area contributed by atoms with Crippen molar-refractivity contribution in [2.45, 2.75) is 12.6 Å². The predicted molar refractivity (Wildman–Crippen MR) is 106 cm³/mol. The van der Waals surface area contributed by atoms with Gasteiger partial charge in [-0.1, -0.05) is 41.9 Å². The van der Waals surface area contributed by atoms with E-state index in [-0.39, 0.29) is 31.0 Å². The molecule has 150 valence electrons. The van der Waals surface area contributed by atoms with Gasteiger partial charge in [0.25, 0.3) is 0 Å². The first-order chi connectivity index (χ1) is 13.6. The van der Waals surface area contributed by atoms with Crippen molar-refractivity contribution >= 4 is 17.5 Å². The summed E-state index contributed by atoms with van der Waals surface area (Å²) in [5.41, 5.74) is 1.80. The third-order valence-electron chi connectivity index (χ3n) is 4.68. The zero-order valence-electron chi connectivity index (χ0n) is 15.6. The quantitative estimate of drug-likeness (QED) is 0.731. The number of hydrogen-bond donors (Lipinski definition) is 1. The standard InChI is InChI=1S/C21H24ClFN2O3/c22-19-4-2-1-3-17(19)14-28-15-21(26)24-13-20(25-9-11-27-12-10-25)16-5-7-18(23)8-6-16/h1-8,20H,9-15H2,(H,24,26). The lowest BCUT2D eigenvalue weighted by Gasteiger charge is -2.35. The van der Waals surface area contributed by atoms with Crippen molar-refractivity contribution in [3.63, 3.8) is 0 Å². The highest BCUT2D eigenvalue weighted by atomic mass is 35.5. The topological polar surface area (TPSA) is 50.8 Å². The average molecular weight is 407 g/mol. The van der Waals surface area contributed by atoms with Crippen molar-refractivity contribution in [1.82, 2.24) is 10.2 Å². The Balaban J connectivity index is 1.53. The summed E-state index contributed by atoms with van der Waals surface area (Å²) >= 11 is 6.08. The largest absolute Gasteiger partial charge is 0.379 e. The molecule has 2 aromatic carbocycles. The van der Waals surface area contributed by atoms with Crippen LogP contribution in [0.5, 0.6) is 0 Å². The minimum atomic E-state index is -0.276. The van der Waals surface area contributed by atoms with Crippen molar-refractivity contribution < 1.29 is 18.7 Å². The van der Waals surface area contributed by atoms with Gasteiger partial charge in [-0.15, -0.1) is 0 Å². The Bertz CT molecular complexity index is 767. The van der Waals surface area contributed by atoms with Crippen LogP contribution in [0, 0.1) is 5.82 Å². The van der Waals surface area contributed by atoms with Crippen molar-refractivity contribution in [3.05, 3.63) is 70.5 Å². The van der Waals surface area contributed by atoms with Crippen LogP contribution in [0.3, 0.4) is 0 Å². The van der Waals surface area contributed by atoms with Gasteiger partial charge < -0.3 is 14.8 Å². The van der Waals surface area contributed by atoms with E-state index in [2.05, 4.69) is 10.2 Å². The minimum absolute atomic E-state index is 0.0444. The van der Waals surface area contributed by atoms with Gasteiger partial charge in [-0.05, 0) is 29.3 Å². The van der Waals surface area contributed by atoms with Gasteiger partial charge in [-0.2, -0.15) is 0 Å². The van der Waals surface area contributed by atoms with Gasteiger partial charge in [-0.25, -0.2) is 4.39 Å². The number of nitrogens with one attached hydrogen (secondary N) is 1. The molecule has 0 aliphatic carbocycles. The number of morpholine rings is 1. The molecule has 0 bridgehead atoms. The van der Waals surface area contributed by atoms with E-state index in [1.54, 1.807) is 18.2 Å². The van der Waals surface area contributed by atoms with Gasteiger partial charge in [0, 0.05) is 24.7 Å². The first-order valence-corrected chi connectivity index (χ1v) is 9.66. The molecule has 3 rings (SSSR count). The minimum Gasteiger partial charge on any atom is -0.379 e. The number of ether oxygens (including phenoxy) is 2. The summed E-state index contributed by atoms with van der Waals surface area (Å²) in [6.07, 6.45) is 0. The third kappa shape index (κ3) is 6.01. The van der Waals surface area contributed by atoms with Crippen LogP contribution in [0.15, 0.2) is 48.5 Å². The predicted octanol–water partition coefficient (Wildman–Crippen LogP) is 3.19. The first-order valence-electron chi connectivity index (χ1n) is 9.28. The van der Waals surface area contributed by atoms with Crippen LogP contribution in [0.2, 0.25) is 5.02 Å². The first kappa shape index (κ1) is 20.7. The van der Waals surface area contributed by atoms with Gasteiger partial charge in [0.05, 0.1) is 25.9 Å². The zero-order chi connectivity index (χ0) is 19.8. The molecule has 0 aromatic heterocycles. The summed E-state index contributed by atoms with van der Waals surface area (Å²) in [4.78, 5) is 14.5. The lowest BCUT2D eigenvalue weighted by Crippen LogP contribution is -2.44. The third-order valence-corrected chi connectivity index (χ3v) is 5.05. The molecular formula is C21H24ClFN2O3. The molecule has 0 spiro atoms. The van der Waals surface area contributed by atoms with Crippen LogP contribution in [0.4, 0.5) is 4.39 Å². The maximum Gasteiger partial charge on any atom is 0.246 e. The average Bonchev–Trinajstić information content (AvgIpc) is 2.72. The molecule has 1 amide bonds. The number of nitrogens with zero attached hydrogens (tertiary/aromatic N) is 1. The summed E-state index contributed by atoms with van der Waals surface area (Å²) < 4.78 is 24.2. The number of hydrogen-bond acceptors (Lipinski definition) is 4. The summed E-state index contributed by atoms with van der Waals surface area (Å²) in [5, 5.41) is 3.54. The van der Waals surface area contributed by atoms with E-state index in [1.807, 2.05) is 18.2 Å². The molecule has 1 fully saturated rings. The molecule has 1 unspecified atom stereocenters. The summed E-state index contributed by atoms with van der Waals surface area (Å²) in [7, 11) is 0. The van der Waals surface area contributed by atoms with Crippen LogP contribution >= 0.6 is 11.6 Å². The molecule has 1 saturated heterocycles. The number of halogens is 2. The van der Waals surface area contributed by atoms with Gasteiger partial charge in [0.1, 0.15) is 12.4 Å². The highest BCUT2D eigenvalue weighted by molar-refractivity contribution is 6.31. The van der Waals surface area contributed by atoms with E-state index in [0.29, 0.717) is 24.8 Å². The molecule has 1 atom stereocenters. The molecule has 1 aliphatic heterocycles. The van der Waals surface area contributed by atoms with E-state index >= 15 is 0 Å². The van der Waals surface area contributed by atoms with E-state index in [4.69, 9.17) is 21.1 Å². The van der Waals surface area contributed by atoms with Crippen LogP contribution in [0.25, 0.3) is 0 Å². The fourth-order valence-corrected chi connectivity index (χ4v) is 3.35. The van der Waals surface area contributed by atoms with Crippen molar-refractivity contribution in [1.29, 1.82) is 0 Å². The summed E-state index contributed by atoms with van der Waals surface area (Å²) in [5.74, 6) is -0.478. The monoisotopic (exact) mass is 406 g/mol. The normalized spacial score (nSPS) is 15.9. The fourth-order valence-electron chi connectivity index (χ4n) is 3.16. The number of rotatable bonds is 8. The van der Waals surface area contributed by atoms with E-state index in [0.717, 1.165) is 24.2 Å². The molecule has 1 aliphatic rings. The smallest absolute Gasteiger partial charge is 0.246 e. The second-order valence-corrected chi connectivity index (χ2v) is 7.01. The van der Waals surface area contributed by atoms with Gasteiger partial charge in [0.2, 0.25) is 5.91 Å². The van der Waals surface area contributed by atoms with E-state index < -0.39 is 0 Å². The van der Waals surface area contributed by atoms with Crippen LogP contribution in [0.1, 0.15) is 17.2 Å². The maximum atomic E-state index is 13.3. The summed E-state index contributed by atoms with van der Waals surface area (Å²) in [6, 6.07) is 13.7. The Kier molecular flexibility index (Phi) is 7.80. The molecule has 1 N–H and O–H groups in total. The Morgan fingerprint density at radius 3 is 2.61 bits per heavy atom. The number of carbonyl (C=O) groups excluding carboxylic acids is 1. The van der Waals surface area contributed by atoms with Crippen LogP contribution < -0.4 is 5.32 Å². The lowest BCUT2D eigenvalue weighted by atomic mass is 10.0. The molecule has 1 heterocycles. The van der Waals surface area contributed by atoms with Crippen molar-refractivity contribution in [3.8, 4) is 0 Å². The second kappa shape index (κ2) is 10.5. The fraction of sp³-hybridized carbons (Fsp3) is 0.381. The number of carbonyl (C=O) groups is 1. The SMILES string of the molecule is O=C(COCc1ccccc1Cl)NCC(c1ccc(F)cc1)N1CCOCC1. The molecule has 0 radical (unpaired) electrons. The van der Waals surface area contributed by atoms with Crippen LogP contribution in [-0.2, 0) is 20.9 Å². The van der Waals surface area contributed by atoms with E-state index in [9.17, 15) is 9.18 Å². The van der Waals surface area contributed by atoms with Gasteiger partial charge in [0.15, 0.2) is 0 Å². The molecule has 5 nitrogen and oxygen atoms in total. The lowest BCUT2D eigenvalue weighted by molar-refractivity contribution is -0.126. The van der Waals surface area contributed by atoms with Gasteiger partial charge in [-0.3, -0.25) is 9.69 Å². The number of benzene rings is 2. The molecule has 0 saturated carbocycles. The second-order valence-electron chi connectivity index (χ2n) is 6.60. The molecular weight excluding hydrogens is 383 g/mol. The maximum absolute atomic E-state index is 13.3. The Hall–Kier alpha value is -1.99. The number of amides is 1. The molecule has 2 aromatic rings. The Labute approximate surface area is 169 Å². The highest BCUT2D eigenvalue weighted by Gasteiger charge is 2.23. The molecule has 28 heavy (non-hydrogen) atoms. The van der Waals surface area contributed by atoms with Crippen molar-refractivity contribution in [2.75, 3.05) is 39.5 Å². The Morgan fingerprint density at radius 1 is 1.18 bits per heavy atom. The van der Waals surface area contributed by atoms with Crippen molar-refractivity contribution in [2.24, 2.45) is 0 Å². The Morgan fingerprint density at radius 2 is 1.89 bits per heavy atom. The zero-order valence-corrected chi connectivity index (χ0v) is 16.3. The van der Waals surface area contributed by atoms with E-state index in [1.165, 1.54) is 12.1 Å².